The predicted octanol–water partition coefficient (Wildman–Crippen LogP) is 0.997. The first-order valence-corrected chi connectivity index (χ1v) is 7.61. The number of aromatic nitrogens is 1. The van der Waals surface area contributed by atoms with E-state index in [9.17, 15) is 13.2 Å². The molecule has 0 fully saturated rings. The van der Waals surface area contributed by atoms with Gasteiger partial charge in [-0.15, -0.1) is 0 Å². The lowest BCUT2D eigenvalue weighted by atomic mass is 10.2. The SMILES string of the molecule is CCCC(Nc1ccc(S(=O)(=O)N(C)C)cn1)C(=O)O. The van der Waals surface area contributed by atoms with Gasteiger partial charge in [0, 0.05) is 20.3 Å². The van der Waals surface area contributed by atoms with Crippen molar-refractivity contribution in [3.05, 3.63) is 18.3 Å². The van der Waals surface area contributed by atoms with Crippen molar-refractivity contribution >= 4 is 21.8 Å². The molecule has 0 bridgehead atoms. The van der Waals surface area contributed by atoms with Gasteiger partial charge >= 0.3 is 5.97 Å². The lowest BCUT2D eigenvalue weighted by molar-refractivity contribution is -0.138. The van der Waals surface area contributed by atoms with Crippen LogP contribution in [0.15, 0.2) is 23.2 Å². The molecule has 0 aliphatic rings. The van der Waals surface area contributed by atoms with Crippen LogP contribution in [0.1, 0.15) is 19.8 Å². The minimum atomic E-state index is -3.52. The van der Waals surface area contributed by atoms with E-state index in [0.29, 0.717) is 12.2 Å². The Morgan fingerprint density at radius 2 is 2.10 bits per heavy atom. The quantitative estimate of drug-likeness (QED) is 0.779. The van der Waals surface area contributed by atoms with E-state index in [0.717, 1.165) is 10.7 Å². The van der Waals surface area contributed by atoms with Crippen molar-refractivity contribution in [2.24, 2.45) is 0 Å². The topological polar surface area (TPSA) is 99.6 Å². The minimum Gasteiger partial charge on any atom is -0.480 e. The summed E-state index contributed by atoms with van der Waals surface area (Å²) < 4.78 is 24.8. The number of carboxylic acid groups (broad SMARTS) is 1. The molecule has 1 aromatic heterocycles. The summed E-state index contributed by atoms with van der Waals surface area (Å²) in [6, 6.07) is 2.13. The van der Waals surface area contributed by atoms with Gasteiger partial charge in [-0.2, -0.15) is 0 Å². The van der Waals surface area contributed by atoms with Gasteiger partial charge in [-0.05, 0) is 18.6 Å². The maximum atomic E-state index is 11.8. The molecule has 0 amide bonds. The Hall–Kier alpha value is -1.67. The van der Waals surface area contributed by atoms with Gasteiger partial charge in [-0.1, -0.05) is 13.3 Å². The molecule has 0 aromatic carbocycles. The normalized spacial score (nSPS) is 13.2. The number of nitrogens with one attached hydrogen (secondary N) is 1. The molecular weight excluding hydrogens is 282 g/mol. The number of nitrogens with zero attached hydrogens (tertiary/aromatic N) is 2. The molecule has 7 nitrogen and oxygen atoms in total. The fourth-order valence-electron chi connectivity index (χ4n) is 1.55. The smallest absolute Gasteiger partial charge is 0.326 e. The number of hydrogen-bond donors (Lipinski definition) is 2. The third kappa shape index (κ3) is 3.91. The number of rotatable bonds is 7. The first-order valence-electron chi connectivity index (χ1n) is 6.17. The van der Waals surface area contributed by atoms with Crippen molar-refractivity contribution in [3.63, 3.8) is 0 Å². The molecule has 112 valence electrons. The predicted molar refractivity (Wildman–Crippen MR) is 75.1 cm³/mol. The van der Waals surface area contributed by atoms with Crippen molar-refractivity contribution in [2.75, 3.05) is 19.4 Å². The molecule has 0 spiro atoms. The summed E-state index contributed by atoms with van der Waals surface area (Å²) in [6.45, 7) is 1.89. The zero-order valence-corrected chi connectivity index (χ0v) is 12.5. The van der Waals surface area contributed by atoms with Gasteiger partial charge in [0.15, 0.2) is 0 Å². The van der Waals surface area contributed by atoms with Crippen LogP contribution >= 0.6 is 0 Å². The standard InChI is InChI=1S/C12H19N3O4S/c1-4-5-10(12(16)17)14-11-7-6-9(8-13-11)20(18,19)15(2)3/h6-8,10H,4-5H2,1-3H3,(H,13,14)(H,16,17). The Kier molecular flexibility index (Phi) is 5.46. The highest BCUT2D eigenvalue weighted by Gasteiger charge is 2.19. The van der Waals surface area contributed by atoms with Gasteiger partial charge in [0.2, 0.25) is 10.0 Å². The minimum absolute atomic E-state index is 0.0652. The van der Waals surface area contributed by atoms with Crippen LogP contribution in [0.3, 0.4) is 0 Å². The van der Waals surface area contributed by atoms with E-state index in [2.05, 4.69) is 10.3 Å². The zero-order valence-electron chi connectivity index (χ0n) is 11.7. The number of carboxylic acids is 1. The van der Waals surface area contributed by atoms with E-state index in [-0.39, 0.29) is 4.90 Å². The second-order valence-corrected chi connectivity index (χ2v) is 6.64. The molecule has 2 N–H and O–H groups in total. The summed E-state index contributed by atoms with van der Waals surface area (Å²) in [6.07, 6.45) is 2.40. The second-order valence-electron chi connectivity index (χ2n) is 4.49. The number of aliphatic carboxylic acids is 1. The fourth-order valence-corrected chi connectivity index (χ4v) is 2.40. The molecule has 0 aliphatic carbocycles. The summed E-state index contributed by atoms with van der Waals surface area (Å²) in [4.78, 5) is 15.0. The number of carbonyl (C=O) groups is 1. The molecule has 1 rings (SSSR count). The Bertz CT molecular complexity index is 555. The van der Waals surface area contributed by atoms with Crippen LogP contribution in [-0.2, 0) is 14.8 Å². The first-order chi connectivity index (χ1) is 9.28. The van der Waals surface area contributed by atoms with Crippen molar-refractivity contribution < 1.29 is 18.3 Å². The van der Waals surface area contributed by atoms with Gasteiger partial charge in [0.25, 0.3) is 0 Å². The van der Waals surface area contributed by atoms with Crippen LogP contribution in [0.25, 0.3) is 0 Å². The van der Waals surface area contributed by atoms with E-state index < -0.39 is 22.0 Å². The number of sulfonamides is 1. The van der Waals surface area contributed by atoms with E-state index >= 15 is 0 Å². The summed E-state index contributed by atoms with van der Waals surface area (Å²) in [5.41, 5.74) is 0. The highest BCUT2D eigenvalue weighted by atomic mass is 32.2. The van der Waals surface area contributed by atoms with Gasteiger partial charge in [-0.3, -0.25) is 0 Å². The molecule has 1 atom stereocenters. The molecule has 0 saturated carbocycles. The van der Waals surface area contributed by atoms with Crippen LogP contribution in [0.2, 0.25) is 0 Å². The Morgan fingerprint density at radius 3 is 2.50 bits per heavy atom. The molecule has 1 unspecified atom stereocenters. The van der Waals surface area contributed by atoms with E-state index in [1.807, 2.05) is 6.92 Å². The second kappa shape index (κ2) is 6.67. The Balaban J connectivity index is 2.89. The van der Waals surface area contributed by atoms with Crippen LogP contribution in [0.4, 0.5) is 5.82 Å². The van der Waals surface area contributed by atoms with Gasteiger partial charge < -0.3 is 10.4 Å². The largest absolute Gasteiger partial charge is 0.480 e. The van der Waals surface area contributed by atoms with Gasteiger partial charge in [-0.25, -0.2) is 22.5 Å². The lowest BCUT2D eigenvalue weighted by Gasteiger charge is -2.15. The first kappa shape index (κ1) is 16.4. The molecular formula is C12H19N3O4S. The van der Waals surface area contributed by atoms with Crippen molar-refractivity contribution in [1.29, 1.82) is 0 Å². The van der Waals surface area contributed by atoms with Crippen molar-refractivity contribution in [3.8, 4) is 0 Å². The number of pyridine rings is 1. The molecule has 1 aromatic rings. The highest BCUT2D eigenvalue weighted by molar-refractivity contribution is 7.89. The molecule has 0 aliphatic heterocycles. The van der Waals surface area contributed by atoms with Crippen LogP contribution in [-0.4, -0.2) is 48.9 Å². The maximum absolute atomic E-state index is 11.8. The molecule has 0 saturated heterocycles. The lowest BCUT2D eigenvalue weighted by Crippen LogP contribution is -2.29. The summed E-state index contributed by atoms with van der Waals surface area (Å²) in [7, 11) is -0.654. The maximum Gasteiger partial charge on any atom is 0.326 e. The fraction of sp³-hybridized carbons (Fsp3) is 0.500. The van der Waals surface area contributed by atoms with Crippen LogP contribution in [0, 0.1) is 0 Å². The van der Waals surface area contributed by atoms with Gasteiger partial charge in [0.1, 0.15) is 16.8 Å². The van der Waals surface area contributed by atoms with E-state index in [4.69, 9.17) is 5.11 Å². The third-order valence-electron chi connectivity index (χ3n) is 2.71. The summed E-state index contributed by atoms with van der Waals surface area (Å²) >= 11 is 0. The summed E-state index contributed by atoms with van der Waals surface area (Å²) in [5.74, 6) is -0.623. The highest BCUT2D eigenvalue weighted by Crippen LogP contribution is 2.15. The van der Waals surface area contributed by atoms with Crippen molar-refractivity contribution in [2.45, 2.75) is 30.7 Å². The molecule has 20 heavy (non-hydrogen) atoms. The molecule has 8 heteroatoms. The summed E-state index contributed by atoms with van der Waals surface area (Å²) in [5, 5.41) is 11.8. The Morgan fingerprint density at radius 1 is 1.45 bits per heavy atom. The average Bonchev–Trinajstić information content (AvgIpc) is 2.38. The molecule has 0 radical (unpaired) electrons. The number of anilines is 1. The molecule has 1 heterocycles. The van der Waals surface area contributed by atoms with E-state index in [1.165, 1.54) is 32.4 Å². The van der Waals surface area contributed by atoms with Gasteiger partial charge in [0.05, 0.1) is 0 Å². The average molecular weight is 301 g/mol. The number of hydrogen-bond acceptors (Lipinski definition) is 5. The monoisotopic (exact) mass is 301 g/mol. The van der Waals surface area contributed by atoms with E-state index in [1.54, 1.807) is 0 Å². The zero-order chi connectivity index (χ0) is 15.3. The third-order valence-corrected chi connectivity index (χ3v) is 4.51. The Labute approximate surface area is 118 Å². The van der Waals surface area contributed by atoms with Crippen LogP contribution < -0.4 is 5.32 Å². The van der Waals surface area contributed by atoms with Crippen molar-refractivity contribution in [1.82, 2.24) is 9.29 Å². The van der Waals surface area contributed by atoms with Crippen LogP contribution in [0.5, 0.6) is 0 Å².